The molecule has 134 valence electrons. The molecule has 1 aliphatic carbocycles. The normalized spacial score (nSPS) is 20.0. The van der Waals surface area contributed by atoms with Crippen molar-refractivity contribution in [1.29, 1.82) is 0 Å². The maximum atomic E-state index is 12.3. The first-order valence-corrected chi connectivity index (χ1v) is 8.71. The highest BCUT2D eigenvalue weighted by molar-refractivity contribution is 5.34. The van der Waals surface area contributed by atoms with Crippen LogP contribution in [-0.2, 0) is 0 Å². The van der Waals surface area contributed by atoms with E-state index in [0.29, 0.717) is 11.9 Å². The number of aromatic nitrogens is 7. The average molecular weight is 352 g/mol. The summed E-state index contributed by atoms with van der Waals surface area (Å²) in [5.74, 6) is 1.39. The van der Waals surface area contributed by atoms with Crippen molar-refractivity contribution in [2.75, 3.05) is 5.32 Å². The Kier molecular flexibility index (Phi) is 4.42. The molecule has 0 atom stereocenters. The Morgan fingerprint density at radius 3 is 2.62 bits per heavy atom. The van der Waals surface area contributed by atoms with E-state index in [1.807, 2.05) is 19.1 Å². The first-order chi connectivity index (χ1) is 12.7. The van der Waals surface area contributed by atoms with Gasteiger partial charge in [0.25, 0.3) is 5.56 Å². The molecule has 0 aliphatic heterocycles. The molecule has 9 heteroatoms. The fourth-order valence-corrected chi connectivity index (χ4v) is 3.28. The molecule has 3 aromatic rings. The quantitative estimate of drug-likeness (QED) is 0.759. The second-order valence-corrected chi connectivity index (χ2v) is 6.52. The molecular weight excluding hydrogens is 332 g/mol. The van der Waals surface area contributed by atoms with Crippen LogP contribution in [0.3, 0.4) is 0 Å². The van der Waals surface area contributed by atoms with E-state index in [4.69, 9.17) is 0 Å². The van der Waals surface area contributed by atoms with Crippen LogP contribution in [0.1, 0.15) is 37.4 Å². The van der Waals surface area contributed by atoms with Gasteiger partial charge in [-0.05, 0) is 50.8 Å². The highest BCUT2D eigenvalue weighted by Gasteiger charge is 2.24. The molecule has 26 heavy (non-hydrogen) atoms. The molecule has 0 unspecified atom stereocenters. The minimum atomic E-state index is -0.0883. The van der Waals surface area contributed by atoms with Gasteiger partial charge in [0.2, 0.25) is 0 Å². The number of nitrogens with zero attached hydrogens (tertiary/aromatic N) is 7. The SMILES string of the molecule is Cc1ccc(NC2CCC(n3nc(-n4cncn4)ccc3=O)CC2)nn1. The molecule has 1 N–H and O–H groups in total. The summed E-state index contributed by atoms with van der Waals surface area (Å²) in [5.41, 5.74) is 0.812. The zero-order valence-electron chi connectivity index (χ0n) is 14.5. The molecule has 4 rings (SSSR count). The topological polar surface area (TPSA) is 103 Å². The third-order valence-corrected chi connectivity index (χ3v) is 4.66. The third kappa shape index (κ3) is 3.46. The number of hydrogen-bond donors (Lipinski definition) is 1. The molecule has 0 spiro atoms. The zero-order valence-corrected chi connectivity index (χ0v) is 14.5. The fourth-order valence-electron chi connectivity index (χ4n) is 3.28. The summed E-state index contributed by atoms with van der Waals surface area (Å²) in [4.78, 5) is 16.2. The first-order valence-electron chi connectivity index (χ1n) is 8.71. The summed E-state index contributed by atoms with van der Waals surface area (Å²) >= 11 is 0. The number of rotatable bonds is 4. The van der Waals surface area contributed by atoms with E-state index >= 15 is 0 Å². The Labute approximate surface area is 150 Å². The van der Waals surface area contributed by atoms with Crippen molar-refractivity contribution in [3.05, 3.63) is 53.0 Å². The Morgan fingerprint density at radius 2 is 1.92 bits per heavy atom. The Balaban J connectivity index is 1.44. The van der Waals surface area contributed by atoms with Crippen molar-refractivity contribution < 1.29 is 0 Å². The Bertz CT molecular complexity index is 911. The predicted molar refractivity (Wildman–Crippen MR) is 95.1 cm³/mol. The molecule has 0 amide bonds. The van der Waals surface area contributed by atoms with Gasteiger partial charge in [-0.25, -0.2) is 14.3 Å². The van der Waals surface area contributed by atoms with Crippen molar-refractivity contribution in [1.82, 2.24) is 34.7 Å². The van der Waals surface area contributed by atoms with Gasteiger partial charge in [0.1, 0.15) is 18.5 Å². The van der Waals surface area contributed by atoms with Crippen molar-refractivity contribution in [3.63, 3.8) is 0 Å². The predicted octanol–water partition coefficient (Wildman–Crippen LogP) is 1.52. The van der Waals surface area contributed by atoms with Gasteiger partial charge >= 0.3 is 0 Å². The van der Waals surface area contributed by atoms with Crippen molar-refractivity contribution in [2.45, 2.75) is 44.7 Å². The van der Waals surface area contributed by atoms with Crippen molar-refractivity contribution in [2.24, 2.45) is 0 Å². The van der Waals surface area contributed by atoms with E-state index in [9.17, 15) is 4.79 Å². The van der Waals surface area contributed by atoms with E-state index in [1.165, 1.54) is 12.4 Å². The molecular formula is C17H20N8O. The van der Waals surface area contributed by atoms with Gasteiger partial charge in [-0.1, -0.05) is 0 Å². The molecule has 0 bridgehead atoms. The van der Waals surface area contributed by atoms with Crippen LogP contribution < -0.4 is 10.9 Å². The summed E-state index contributed by atoms with van der Waals surface area (Å²) in [7, 11) is 0. The minimum absolute atomic E-state index is 0.0883. The van der Waals surface area contributed by atoms with Crippen LogP contribution >= 0.6 is 0 Å². The lowest BCUT2D eigenvalue weighted by Crippen LogP contribution is -2.33. The largest absolute Gasteiger partial charge is 0.366 e. The van der Waals surface area contributed by atoms with Gasteiger partial charge in [0, 0.05) is 12.1 Å². The Morgan fingerprint density at radius 1 is 1.08 bits per heavy atom. The summed E-state index contributed by atoms with van der Waals surface area (Å²) in [5, 5.41) is 20.2. The van der Waals surface area contributed by atoms with Gasteiger partial charge in [-0.15, -0.1) is 10.2 Å². The maximum Gasteiger partial charge on any atom is 0.267 e. The lowest BCUT2D eigenvalue weighted by Gasteiger charge is -2.29. The number of aryl methyl sites for hydroxylation is 1. The third-order valence-electron chi connectivity index (χ3n) is 4.66. The minimum Gasteiger partial charge on any atom is -0.366 e. The Hall–Kier alpha value is -3.10. The highest BCUT2D eigenvalue weighted by Crippen LogP contribution is 2.28. The van der Waals surface area contributed by atoms with Gasteiger partial charge in [-0.3, -0.25) is 4.79 Å². The molecule has 1 aliphatic rings. The second-order valence-electron chi connectivity index (χ2n) is 6.52. The van der Waals surface area contributed by atoms with Gasteiger partial charge < -0.3 is 5.32 Å². The summed E-state index contributed by atoms with van der Waals surface area (Å²) in [6.07, 6.45) is 6.67. The van der Waals surface area contributed by atoms with Crippen LogP contribution in [0.2, 0.25) is 0 Å². The second kappa shape index (κ2) is 7.03. The average Bonchev–Trinajstić information content (AvgIpc) is 3.20. The highest BCUT2D eigenvalue weighted by atomic mass is 16.1. The molecule has 0 radical (unpaired) electrons. The number of anilines is 1. The maximum absolute atomic E-state index is 12.3. The van der Waals surface area contributed by atoms with Crippen LogP contribution in [0, 0.1) is 6.92 Å². The summed E-state index contributed by atoms with van der Waals surface area (Å²) < 4.78 is 3.14. The van der Waals surface area contributed by atoms with E-state index < -0.39 is 0 Å². The molecule has 1 fully saturated rings. The summed E-state index contributed by atoms with van der Waals surface area (Å²) in [6, 6.07) is 7.51. The lowest BCUT2D eigenvalue weighted by molar-refractivity contribution is 0.302. The standard InChI is InChI=1S/C17H20N8O/c1-12-2-7-15(22-21-12)20-13-3-5-14(6-4-13)25-17(26)9-8-16(23-25)24-11-18-10-19-24/h2,7-11,13-14H,3-6H2,1H3,(H,20,22). The number of hydrogen-bond acceptors (Lipinski definition) is 7. The molecule has 0 saturated heterocycles. The lowest BCUT2D eigenvalue weighted by atomic mass is 9.91. The van der Waals surface area contributed by atoms with E-state index in [1.54, 1.807) is 21.8 Å². The van der Waals surface area contributed by atoms with E-state index in [2.05, 4.69) is 30.7 Å². The van der Waals surface area contributed by atoms with E-state index in [0.717, 1.165) is 37.2 Å². The number of nitrogens with one attached hydrogen (secondary N) is 1. The van der Waals surface area contributed by atoms with Gasteiger partial charge in [-0.2, -0.15) is 10.2 Å². The molecule has 3 heterocycles. The van der Waals surface area contributed by atoms with Gasteiger partial charge in [0.15, 0.2) is 5.82 Å². The molecule has 0 aromatic carbocycles. The van der Waals surface area contributed by atoms with Crippen LogP contribution in [0.5, 0.6) is 0 Å². The smallest absolute Gasteiger partial charge is 0.267 e. The molecule has 9 nitrogen and oxygen atoms in total. The van der Waals surface area contributed by atoms with Crippen LogP contribution in [0.15, 0.2) is 41.7 Å². The summed E-state index contributed by atoms with van der Waals surface area (Å²) in [6.45, 7) is 1.92. The first kappa shape index (κ1) is 16.4. The van der Waals surface area contributed by atoms with Crippen molar-refractivity contribution >= 4 is 5.82 Å². The van der Waals surface area contributed by atoms with Crippen LogP contribution in [0.4, 0.5) is 5.82 Å². The van der Waals surface area contributed by atoms with Gasteiger partial charge in [0.05, 0.1) is 11.7 Å². The van der Waals surface area contributed by atoms with Crippen molar-refractivity contribution in [3.8, 4) is 5.82 Å². The fraction of sp³-hybridized carbons (Fsp3) is 0.412. The molecule has 1 saturated carbocycles. The van der Waals surface area contributed by atoms with E-state index in [-0.39, 0.29) is 11.6 Å². The monoisotopic (exact) mass is 352 g/mol. The van der Waals surface area contributed by atoms with Crippen LogP contribution in [-0.4, -0.2) is 40.8 Å². The zero-order chi connectivity index (χ0) is 17.9. The van der Waals surface area contributed by atoms with Crippen LogP contribution in [0.25, 0.3) is 5.82 Å². The molecule has 3 aromatic heterocycles.